The fourth-order valence-electron chi connectivity index (χ4n) is 2.36. The molecule has 1 aromatic heterocycles. The third kappa shape index (κ3) is 2.14. The molecule has 0 saturated heterocycles. The summed E-state index contributed by atoms with van der Waals surface area (Å²) in [6, 6.07) is 0. The maximum Gasteiger partial charge on any atom is 0.110 e. The summed E-state index contributed by atoms with van der Waals surface area (Å²) in [6.07, 6.45) is 8.85. The average Bonchev–Trinajstić information content (AvgIpc) is 2.61. The predicted molar refractivity (Wildman–Crippen MR) is 61.7 cm³/mol. The van der Waals surface area contributed by atoms with Gasteiger partial charge >= 0.3 is 0 Å². The third-order valence-electron chi connectivity index (χ3n) is 3.19. The van der Waals surface area contributed by atoms with Crippen molar-refractivity contribution in [3.8, 4) is 0 Å². The Bertz CT molecular complexity index is 271. The van der Waals surface area contributed by atoms with E-state index in [1.54, 1.807) is 0 Å². The molecule has 0 amide bonds. The molecule has 3 unspecified atom stereocenters. The van der Waals surface area contributed by atoms with Crippen LogP contribution < -0.4 is 0 Å². The molecular formula is C11H18N2S. The molecule has 1 aliphatic rings. The van der Waals surface area contributed by atoms with Gasteiger partial charge in [0, 0.05) is 23.6 Å². The number of nitrogens with zero attached hydrogens (tertiary/aromatic N) is 1. The van der Waals surface area contributed by atoms with E-state index in [0.717, 1.165) is 11.7 Å². The van der Waals surface area contributed by atoms with Crippen LogP contribution in [-0.2, 0) is 0 Å². The first-order valence-electron chi connectivity index (χ1n) is 5.44. The Morgan fingerprint density at radius 2 is 2.36 bits per heavy atom. The van der Waals surface area contributed by atoms with Gasteiger partial charge in [0.2, 0.25) is 0 Å². The average molecular weight is 210 g/mol. The van der Waals surface area contributed by atoms with Gasteiger partial charge < -0.3 is 4.98 Å². The second-order valence-electron chi connectivity index (χ2n) is 4.42. The van der Waals surface area contributed by atoms with Crippen LogP contribution in [0.25, 0.3) is 0 Å². The summed E-state index contributed by atoms with van der Waals surface area (Å²) >= 11 is 4.69. The summed E-state index contributed by atoms with van der Waals surface area (Å²) in [5.74, 6) is 2.45. The van der Waals surface area contributed by atoms with Crippen molar-refractivity contribution >= 4 is 12.6 Å². The third-order valence-corrected chi connectivity index (χ3v) is 3.81. The van der Waals surface area contributed by atoms with Gasteiger partial charge in [0.15, 0.2) is 0 Å². The van der Waals surface area contributed by atoms with Crippen molar-refractivity contribution in [1.29, 1.82) is 0 Å². The first-order chi connectivity index (χ1) is 6.77. The summed E-state index contributed by atoms with van der Waals surface area (Å²) < 4.78 is 0. The molecule has 0 bridgehead atoms. The van der Waals surface area contributed by atoms with E-state index in [1.165, 1.54) is 25.7 Å². The van der Waals surface area contributed by atoms with Crippen LogP contribution in [0.4, 0.5) is 0 Å². The maximum atomic E-state index is 4.69. The highest BCUT2D eigenvalue weighted by Gasteiger charge is 2.26. The Hall–Kier alpha value is -0.440. The summed E-state index contributed by atoms with van der Waals surface area (Å²) in [5.41, 5.74) is 0. The zero-order valence-electron chi connectivity index (χ0n) is 8.61. The number of aromatic amines is 1. The van der Waals surface area contributed by atoms with Crippen LogP contribution in [0, 0.1) is 5.92 Å². The Labute approximate surface area is 90.9 Å². The Kier molecular flexibility index (Phi) is 3.16. The molecule has 2 nitrogen and oxygen atoms in total. The summed E-state index contributed by atoms with van der Waals surface area (Å²) in [5, 5.41) is 0.478. The van der Waals surface area contributed by atoms with Crippen LogP contribution in [0.3, 0.4) is 0 Å². The van der Waals surface area contributed by atoms with E-state index in [9.17, 15) is 0 Å². The van der Waals surface area contributed by atoms with Gasteiger partial charge in [0.1, 0.15) is 5.82 Å². The van der Waals surface area contributed by atoms with Crippen molar-refractivity contribution < 1.29 is 0 Å². The number of hydrogen-bond donors (Lipinski definition) is 2. The first-order valence-corrected chi connectivity index (χ1v) is 5.96. The lowest BCUT2D eigenvalue weighted by Crippen LogP contribution is -2.14. The molecule has 1 N–H and O–H groups in total. The topological polar surface area (TPSA) is 28.7 Å². The molecular weight excluding hydrogens is 192 g/mol. The molecule has 0 spiro atoms. The number of hydrogen-bond acceptors (Lipinski definition) is 2. The maximum absolute atomic E-state index is 4.69. The van der Waals surface area contributed by atoms with Crippen molar-refractivity contribution in [2.24, 2.45) is 5.92 Å². The van der Waals surface area contributed by atoms with Gasteiger partial charge in [0.25, 0.3) is 0 Å². The quantitative estimate of drug-likeness (QED) is 0.541. The lowest BCUT2D eigenvalue weighted by molar-refractivity contribution is 0.465. The summed E-state index contributed by atoms with van der Waals surface area (Å²) in [6.45, 7) is 2.34. The molecule has 1 aromatic rings. The fraction of sp³-hybridized carbons (Fsp3) is 0.727. The van der Waals surface area contributed by atoms with E-state index in [4.69, 9.17) is 12.6 Å². The van der Waals surface area contributed by atoms with Crippen LogP contribution in [0.5, 0.6) is 0 Å². The van der Waals surface area contributed by atoms with E-state index in [-0.39, 0.29) is 0 Å². The number of rotatable bonds is 1. The van der Waals surface area contributed by atoms with Crippen molar-refractivity contribution in [1.82, 2.24) is 9.97 Å². The standard InChI is InChI=1S/C11H18N2S/c1-8-3-2-4-10(14)9(7-8)11-12-5-6-13-11/h5-6,8-10,14H,2-4,7H2,1H3,(H,12,13). The molecule has 3 heteroatoms. The van der Waals surface area contributed by atoms with E-state index < -0.39 is 0 Å². The summed E-state index contributed by atoms with van der Waals surface area (Å²) in [7, 11) is 0. The fourth-order valence-corrected chi connectivity index (χ4v) is 2.80. The molecule has 0 radical (unpaired) electrons. The minimum absolute atomic E-state index is 0.478. The predicted octanol–water partition coefficient (Wildman–Crippen LogP) is 3.00. The van der Waals surface area contributed by atoms with Gasteiger partial charge in [-0.05, 0) is 18.8 Å². The summed E-state index contributed by atoms with van der Waals surface area (Å²) in [4.78, 5) is 7.59. The molecule has 0 aliphatic heterocycles. The van der Waals surface area contributed by atoms with Crippen molar-refractivity contribution in [3.05, 3.63) is 18.2 Å². The minimum atomic E-state index is 0.478. The first kappa shape index (κ1) is 10.1. The van der Waals surface area contributed by atoms with Crippen molar-refractivity contribution in [2.45, 2.75) is 43.8 Å². The molecule has 1 fully saturated rings. The van der Waals surface area contributed by atoms with Crippen molar-refractivity contribution in [2.75, 3.05) is 0 Å². The van der Waals surface area contributed by atoms with E-state index in [1.807, 2.05) is 12.4 Å². The van der Waals surface area contributed by atoms with Gasteiger partial charge in [-0.15, -0.1) is 0 Å². The number of aromatic nitrogens is 2. The van der Waals surface area contributed by atoms with Crippen LogP contribution in [-0.4, -0.2) is 15.2 Å². The Balaban J connectivity index is 2.14. The molecule has 1 saturated carbocycles. The normalized spacial score (nSPS) is 34.0. The van der Waals surface area contributed by atoms with E-state index in [2.05, 4.69) is 16.9 Å². The molecule has 3 atom stereocenters. The molecule has 14 heavy (non-hydrogen) atoms. The van der Waals surface area contributed by atoms with E-state index in [0.29, 0.717) is 11.2 Å². The molecule has 0 aromatic carbocycles. The molecule has 2 rings (SSSR count). The highest BCUT2D eigenvalue weighted by atomic mass is 32.1. The van der Waals surface area contributed by atoms with Crippen molar-refractivity contribution in [3.63, 3.8) is 0 Å². The molecule has 78 valence electrons. The van der Waals surface area contributed by atoms with Gasteiger partial charge in [-0.3, -0.25) is 0 Å². The number of H-pyrrole nitrogens is 1. The highest BCUT2D eigenvalue weighted by Crippen LogP contribution is 2.35. The Morgan fingerprint density at radius 3 is 3.07 bits per heavy atom. The lowest BCUT2D eigenvalue weighted by atomic mass is 9.94. The second-order valence-corrected chi connectivity index (χ2v) is 5.08. The second kappa shape index (κ2) is 4.39. The van der Waals surface area contributed by atoms with Gasteiger partial charge in [-0.1, -0.05) is 19.8 Å². The van der Waals surface area contributed by atoms with Crippen LogP contribution in [0.15, 0.2) is 12.4 Å². The monoisotopic (exact) mass is 210 g/mol. The number of thiol groups is 1. The van der Waals surface area contributed by atoms with Crippen LogP contribution in [0.2, 0.25) is 0 Å². The molecule has 1 heterocycles. The molecule has 1 aliphatic carbocycles. The highest BCUT2D eigenvalue weighted by molar-refractivity contribution is 7.81. The van der Waals surface area contributed by atoms with Gasteiger partial charge in [-0.25, -0.2) is 4.98 Å². The zero-order valence-corrected chi connectivity index (χ0v) is 9.50. The van der Waals surface area contributed by atoms with Crippen LogP contribution in [0.1, 0.15) is 44.3 Å². The number of imidazole rings is 1. The zero-order chi connectivity index (χ0) is 9.97. The van der Waals surface area contributed by atoms with Gasteiger partial charge in [-0.2, -0.15) is 12.6 Å². The largest absolute Gasteiger partial charge is 0.348 e. The lowest BCUT2D eigenvalue weighted by Gasteiger charge is -2.19. The van der Waals surface area contributed by atoms with Gasteiger partial charge in [0.05, 0.1) is 0 Å². The Morgan fingerprint density at radius 1 is 1.50 bits per heavy atom. The van der Waals surface area contributed by atoms with E-state index >= 15 is 0 Å². The SMILES string of the molecule is CC1CCCC(S)C(c2ncc[nH]2)C1. The minimum Gasteiger partial charge on any atom is -0.348 e. The van der Waals surface area contributed by atoms with Crippen LogP contribution >= 0.6 is 12.6 Å². The number of nitrogens with one attached hydrogen (secondary N) is 1. The smallest absolute Gasteiger partial charge is 0.110 e.